The second-order valence-electron chi connectivity index (χ2n) is 5.09. The molecule has 24 heavy (non-hydrogen) atoms. The summed E-state index contributed by atoms with van der Waals surface area (Å²) in [6.07, 6.45) is 1.39. The molecule has 0 spiro atoms. The van der Waals surface area contributed by atoms with E-state index in [1.807, 2.05) is 0 Å². The highest BCUT2D eigenvalue weighted by Gasteiger charge is 2.17. The van der Waals surface area contributed by atoms with Crippen LogP contribution < -0.4 is 0 Å². The summed E-state index contributed by atoms with van der Waals surface area (Å²) in [6, 6.07) is 10.2. The van der Waals surface area contributed by atoms with Crippen LogP contribution >= 0.6 is 0 Å². The SMILES string of the molecule is O=C(O)c1ccc2onc(-c3coc(-c4ccc(F)cc4)n3)c2c1. The van der Waals surface area contributed by atoms with Crippen LogP contribution in [0.2, 0.25) is 0 Å². The highest BCUT2D eigenvalue weighted by atomic mass is 19.1. The van der Waals surface area contributed by atoms with Crippen LogP contribution in [-0.4, -0.2) is 21.2 Å². The van der Waals surface area contributed by atoms with Crippen LogP contribution in [0, 0.1) is 5.82 Å². The molecule has 4 aromatic rings. The average Bonchev–Trinajstić information content (AvgIpc) is 3.21. The summed E-state index contributed by atoms with van der Waals surface area (Å²) in [5, 5.41) is 13.6. The predicted molar refractivity (Wildman–Crippen MR) is 81.9 cm³/mol. The molecule has 0 aliphatic heterocycles. The van der Waals surface area contributed by atoms with E-state index in [-0.39, 0.29) is 11.4 Å². The van der Waals surface area contributed by atoms with Crippen LogP contribution in [0.15, 0.2) is 57.7 Å². The van der Waals surface area contributed by atoms with Crippen molar-refractivity contribution in [2.24, 2.45) is 0 Å². The zero-order chi connectivity index (χ0) is 16.7. The number of nitrogens with zero attached hydrogens (tertiary/aromatic N) is 2. The van der Waals surface area contributed by atoms with Crippen molar-refractivity contribution in [1.29, 1.82) is 0 Å². The molecule has 7 heteroatoms. The molecule has 1 N–H and O–H groups in total. The minimum absolute atomic E-state index is 0.120. The third-order valence-corrected chi connectivity index (χ3v) is 3.55. The summed E-state index contributed by atoms with van der Waals surface area (Å²) in [5.74, 6) is -1.10. The molecule has 0 aliphatic carbocycles. The van der Waals surface area contributed by atoms with Crippen molar-refractivity contribution in [2.75, 3.05) is 0 Å². The molecule has 0 atom stereocenters. The maximum atomic E-state index is 13.0. The van der Waals surface area contributed by atoms with E-state index < -0.39 is 5.97 Å². The fourth-order valence-corrected chi connectivity index (χ4v) is 2.36. The lowest BCUT2D eigenvalue weighted by Gasteiger charge is -1.95. The Kier molecular flexibility index (Phi) is 3.13. The number of hydrogen-bond acceptors (Lipinski definition) is 5. The first-order valence-corrected chi connectivity index (χ1v) is 6.96. The largest absolute Gasteiger partial charge is 0.478 e. The van der Waals surface area contributed by atoms with Crippen molar-refractivity contribution < 1.29 is 23.2 Å². The molecule has 118 valence electrons. The minimum Gasteiger partial charge on any atom is -0.478 e. The summed E-state index contributed by atoms with van der Waals surface area (Å²) in [6.45, 7) is 0. The van der Waals surface area contributed by atoms with Gasteiger partial charge in [0.15, 0.2) is 5.58 Å². The molecule has 4 rings (SSSR count). The number of halogens is 1. The van der Waals surface area contributed by atoms with E-state index in [2.05, 4.69) is 10.1 Å². The van der Waals surface area contributed by atoms with Gasteiger partial charge in [-0.25, -0.2) is 14.2 Å². The second-order valence-corrected chi connectivity index (χ2v) is 5.09. The number of carboxylic acids is 1. The Bertz CT molecular complexity index is 1050. The van der Waals surface area contributed by atoms with E-state index in [0.29, 0.717) is 33.8 Å². The number of carboxylic acid groups (broad SMARTS) is 1. The molecule has 0 aliphatic rings. The van der Waals surface area contributed by atoms with Crippen molar-refractivity contribution >= 4 is 16.9 Å². The molecule has 2 heterocycles. The van der Waals surface area contributed by atoms with Gasteiger partial charge in [-0.1, -0.05) is 5.16 Å². The molecule has 2 aromatic carbocycles. The lowest BCUT2D eigenvalue weighted by atomic mass is 10.1. The number of oxazole rings is 1. The molecular formula is C17H9FN2O4. The molecule has 0 bridgehead atoms. The Balaban J connectivity index is 1.79. The van der Waals surface area contributed by atoms with Gasteiger partial charge in [-0.05, 0) is 42.5 Å². The molecule has 0 saturated carbocycles. The summed E-state index contributed by atoms with van der Waals surface area (Å²) < 4.78 is 23.6. The molecular weight excluding hydrogens is 315 g/mol. The van der Waals surface area contributed by atoms with Gasteiger partial charge in [-0.2, -0.15) is 0 Å². The fraction of sp³-hybridized carbons (Fsp3) is 0. The van der Waals surface area contributed by atoms with Gasteiger partial charge in [-0.15, -0.1) is 0 Å². The van der Waals surface area contributed by atoms with Crippen molar-refractivity contribution in [3.63, 3.8) is 0 Å². The van der Waals surface area contributed by atoms with Crippen LogP contribution in [0.25, 0.3) is 33.8 Å². The zero-order valence-corrected chi connectivity index (χ0v) is 12.1. The molecule has 0 radical (unpaired) electrons. The minimum atomic E-state index is -1.05. The van der Waals surface area contributed by atoms with Crippen molar-refractivity contribution in [3.8, 4) is 22.8 Å². The molecule has 0 unspecified atom stereocenters. The van der Waals surface area contributed by atoms with Gasteiger partial charge >= 0.3 is 5.97 Å². The van der Waals surface area contributed by atoms with Crippen LogP contribution in [0.1, 0.15) is 10.4 Å². The Hall–Kier alpha value is -3.48. The Morgan fingerprint density at radius 1 is 1.12 bits per heavy atom. The first-order chi connectivity index (χ1) is 11.6. The van der Waals surface area contributed by atoms with Gasteiger partial charge in [0.2, 0.25) is 5.89 Å². The van der Waals surface area contributed by atoms with E-state index in [4.69, 9.17) is 14.0 Å². The fourth-order valence-electron chi connectivity index (χ4n) is 2.36. The van der Waals surface area contributed by atoms with Gasteiger partial charge in [-0.3, -0.25) is 0 Å². The van der Waals surface area contributed by atoms with Crippen molar-refractivity contribution in [3.05, 3.63) is 60.1 Å². The van der Waals surface area contributed by atoms with Crippen molar-refractivity contribution in [2.45, 2.75) is 0 Å². The number of benzene rings is 2. The number of aromatic carboxylic acids is 1. The lowest BCUT2D eigenvalue weighted by molar-refractivity contribution is 0.0697. The van der Waals surface area contributed by atoms with Crippen LogP contribution in [-0.2, 0) is 0 Å². The molecule has 2 aromatic heterocycles. The molecule has 6 nitrogen and oxygen atoms in total. The maximum Gasteiger partial charge on any atom is 0.335 e. The van der Waals surface area contributed by atoms with Gasteiger partial charge in [0.25, 0.3) is 0 Å². The Morgan fingerprint density at radius 2 is 1.92 bits per heavy atom. The Morgan fingerprint density at radius 3 is 2.67 bits per heavy atom. The topological polar surface area (TPSA) is 89.4 Å². The molecule has 0 amide bonds. The predicted octanol–water partition coefficient (Wildman–Crippen LogP) is 3.99. The van der Waals surface area contributed by atoms with Crippen LogP contribution in [0.4, 0.5) is 4.39 Å². The smallest absolute Gasteiger partial charge is 0.335 e. The third-order valence-electron chi connectivity index (χ3n) is 3.55. The maximum absolute atomic E-state index is 13.0. The van der Waals surface area contributed by atoms with Crippen molar-refractivity contribution in [1.82, 2.24) is 10.1 Å². The highest BCUT2D eigenvalue weighted by Crippen LogP contribution is 2.30. The molecule has 0 saturated heterocycles. The quantitative estimate of drug-likeness (QED) is 0.613. The van der Waals surface area contributed by atoms with Crippen LogP contribution in [0.3, 0.4) is 0 Å². The van der Waals surface area contributed by atoms with E-state index in [1.165, 1.54) is 36.6 Å². The number of carbonyl (C=O) groups is 1. The van der Waals surface area contributed by atoms with E-state index in [1.54, 1.807) is 12.1 Å². The summed E-state index contributed by atoms with van der Waals surface area (Å²) in [7, 11) is 0. The zero-order valence-electron chi connectivity index (χ0n) is 12.1. The number of rotatable bonds is 3. The van der Waals surface area contributed by atoms with Gasteiger partial charge < -0.3 is 14.0 Å². The monoisotopic (exact) mass is 324 g/mol. The third kappa shape index (κ3) is 2.32. The first kappa shape index (κ1) is 14.1. The van der Waals surface area contributed by atoms with E-state index >= 15 is 0 Å². The summed E-state index contributed by atoms with van der Waals surface area (Å²) in [4.78, 5) is 15.4. The second kappa shape index (κ2) is 5.31. The Labute approximate surface area is 134 Å². The lowest BCUT2D eigenvalue weighted by Crippen LogP contribution is -1.94. The normalized spacial score (nSPS) is 11.0. The average molecular weight is 324 g/mol. The summed E-state index contributed by atoms with van der Waals surface area (Å²) >= 11 is 0. The number of aromatic nitrogens is 2. The molecule has 0 fully saturated rings. The first-order valence-electron chi connectivity index (χ1n) is 6.96. The van der Waals surface area contributed by atoms with Gasteiger partial charge in [0, 0.05) is 5.56 Å². The number of fused-ring (bicyclic) bond motifs is 1. The number of hydrogen-bond donors (Lipinski definition) is 1. The van der Waals surface area contributed by atoms with Gasteiger partial charge in [0.1, 0.15) is 23.5 Å². The van der Waals surface area contributed by atoms with Gasteiger partial charge in [0.05, 0.1) is 10.9 Å². The highest BCUT2D eigenvalue weighted by molar-refractivity contribution is 5.97. The van der Waals surface area contributed by atoms with Crippen LogP contribution in [0.5, 0.6) is 0 Å². The summed E-state index contributed by atoms with van der Waals surface area (Å²) in [5.41, 5.74) is 1.96. The van der Waals surface area contributed by atoms with E-state index in [0.717, 1.165) is 0 Å². The standard InChI is InChI=1S/C17H9FN2O4/c18-11-4-1-9(2-5-11)16-19-13(8-23-16)15-12-7-10(17(21)22)3-6-14(12)24-20-15/h1-8H,(H,21,22). The van der Waals surface area contributed by atoms with E-state index in [9.17, 15) is 9.18 Å².